The number of nitrogens with one attached hydrogen (secondary N) is 1. The molecule has 0 spiro atoms. The molecule has 0 saturated carbocycles. The van der Waals surface area contributed by atoms with Gasteiger partial charge in [-0.2, -0.15) is 15.1 Å². The van der Waals surface area contributed by atoms with E-state index in [1.54, 1.807) is 6.21 Å². The zero-order chi connectivity index (χ0) is 26.3. The number of para-hydroxylation sites is 1. The average Bonchev–Trinajstić information content (AvgIpc) is 3.01. The molecule has 4 aromatic rings. The van der Waals surface area contributed by atoms with Gasteiger partial charge in [-0.05, 0) is 28.5 Å². The van der Waals surface area contributed by atoms with Gasteiger partial charge in [-0.1, -0.05) is 54.6 Å². The van der Waals surface area contributed by atoms with Gasteiger partial charge in [0.15, 0.2) is 5.82 Å². The van der Waals surface area contributed by atoms with E-state index in [0.29, 0.717) is 44.8 Å². The fourth-order valence-electron chi connectivity index (χ4n) is 4.80. The van der Waals surface area contributed by atoms with Crippen LogP contribution in [0, 0.1) is 0 Å². The summed E-state index contributed by atoms with van der Waals surface area (Å²) in [5.74, 6) is 2.95. The molecule has 0 unspecified atom stereocenters. The van der Waals surface area contributed by atoms with Crippen molar-refractivity contribution in [2.24, 2.45) is 5.10 Å². The normalized spacial score (nSPS) is 16.1. The second-order valence-corrected chi connectivity index (χ2v) is 9.45. The van der Waals surface area contributed by atoms with E-state index in [-0.39, 0.29) is 0 Å². The van der Waals surface area contributed by atoms with Crippen molar-refractivity contribution in [1.29, 1.82) is 0 Å². The van der Waals surface area contributed by atoms with Crippen molar-refractivity contribution in [1.82, 2.24) is 9.97 Å². The van der Waals surface area contributed by atoms with Gasteiger partial charge >= 0.3 is 0 Å². The number of nitrogens with zero attached hydrogens (tertiary/aromatic N) is 5. The number of anilines is 3. The van der Waals surface area contributed by atoms with E-state index in [4.69, 9.17) is 24.2 Å². The molecule has 9 heteroatoms. The third-order valence-corrected chi connectivity index (χ3v) is 6.89. The minimum atomic E-state index is 0.470. The van der Waals surface area contributed by atoms with Gasteiger partial charge in [-0.25, -0.2) is 0 Å². The molecule has 9 nitrogen and oxygen atoms in total. The molecule has 200 valence electrons. The standard InChI is InChI=1S/C30H32N6O3/c1-3-10-26-23(6-1)8-5-9-25(26)22-39-27-11-4-2-7-24(27)21-31-34-28-20-29(35-12-16-37-17-13-35)33-30(32-28)36-14-18-38-19-15-36/h1-11,20-21H,12-19,22H2,(H,32,33,34)/b31-21-. The van der Waals surface area contributed by atoms with Crippen LogP contribution in [0.5, 0.6) is 5.75 Å². The molecule has 0 radical (unpaired) electrons. The number of ether oxygens (including phenoxy) is 3. The van der Waals surface area contributed by atoms with E-state index in [1.807, 2.05) is 30.3 Å². The topological polar surface area (TPSA) is 84.3 Å². The van der Waals surface area contributed by atoms with Crippen LogP contribution >= 0.6 is 0 Å². The van der Waals surface area contributed by atoms with Crippen molar-refractivity contribution in [3.8, 4) is 5.75 Å². The third-order valence-electron chi connectivity index (χ3n) is 6.89. The van der Waals surface area contributed by atoms with E-state index in [9.17, 15) is 0 Å². The Hall–Kier alpha value is -4.21. The highest BCUT2D eigenvalue weighted by Gasteiger charge is 2.19. The van der Waals surface area contributed by atoms with Crippen LogP contribution in [0.2, 0.25) is 0 Å². The van der Waals surface area contributed by atoms with Crippen LogP contribution in [0.4, 0.5) is 17.6 Å². The van der Waals surface area contributed by atoms with E-state index < -0.39 is 0 Å². The first kappa shape index (κ1) is 25.1. The van der Waals surface area contributed by atoms with E-state index >= 15 is 0 Å². The van der Waals surface area contributed by atoms with Gasteiger partial charge < -0.3 is 24.0 Å². The minimum Gasteiger partial charge on any atom is -0.488 e. The van der Waals surface area contributed by atoms with Crippen LogP contribution < -0.4 is 20.0 Å². The predicted octanol–water partition coefficient (Wildman–Crippen LogP) is 4.33. The first-order chi connectivity index (χ1) is 19.3. The molecule has 1 N–H and O–H groups in total. The second kappa shape index (κ2) is 12.1. The number of fused-ring (bicyclic) bond motifs is 1. The predicted molar refractivity (Wildman–Crippen MR) is 154 cm³/mol. The molecule has 0 amide bonds. The number of hydrogen-bond donors (Lipinski definition) is 1. The summed E-state index contributed by atoms with van der Waals surface area (Å²) >= 11 is 0. The van der Waals surface area contributed by atoms with E-state index in [0.717, 1.165) is 48.9 Å². The van der Waals surface area contributed by atoms with Gasteiger partial charge in [0, 0.05) is 37.8 Å². The Morgan fingerprint density at radius 1 is 0.821 bits per heavy atom. The number of benzene rings is 3. The number of rotatable bonds is 8. The molecule has 3 heterocycles. The maximum absolute atomic E-state index is 6.25. The van der Waals surface area contributed by atoms with Gasteiger partial charge in [0.25, 0.3) is 0 Å². The van der Waals surface area contributed by atoms with Crippen LogP contribution in [0.3, 0.4) is 0 Å². The summed E-state index contributed by atoms with van der Waals surface area (Å²) < 4.78 is 17.3. The highest BCUT2D eigenvalue weighted by atomic mass is 16.5. The number of hydrazone groups is 1. The van der Waals surface area contributed by atoms with Crippen LogP contribution in [0.15, 0.2) is 77.9 Å². The Kier molecular flexibility index (Phi) is 7.79. The van der Waals surface area contributed by atoms with Gasteiger partial charge in [0.2, 0.25) is 5.95 Å². The zero-order valence-electron chi connectivity index (χ0n) is 21.8. The molecule has 2 aliphatic heterocycles. The van der Waals surface area contributed by atoms with E-state index in [1.165, 1.54) is 10.8 Å². The molecule has 2 fully saturated rings. The summed E-state index contributed by atoms with van der Waals surface area (Å²) in [6.07, 6.45) is 1.77. The number of hydrogen-bond acceptors (Lipinski definition) is 9. The Balaban J connectivity index is 1.19. The highest BCUT2D eigenvalue weighted by molar-refractivity contribution is 5.86. The second-order valence-electron chi connectivity index (χ2n) is 9.45. The van der Waals surface area contributed by atoms with Crippen molar-refractivity contribution >= 4 is 34.6 Å². The van der Waals surface area contributed by atoms with Crippen molar-refractivity contribution in [3.05, 3.63) is 83.9 Å². The lowest BCUT2D eigenvalue weighted by atomic mass is 10.1. The van der Waals surface area contributed by atoms with E-state index in [2.05, 4.69) is 62.8 Å². The summed E-state index contributed by atoms with van der Waals surface area (Å²) in [6, 6.07) is 24.5. The quantitative estimate of drug-likeness (QED) is 0.269. The summed E-state index contributed by atoms with van der Waals surface area (Å²) in [5.41, 5.74) is 5.14. The summed E-state index contributed by atoms with van der Waals surface area (Å²) in [4.78, 5) is 14.0. The largest absolute Gasteiger partial charge is 0.488 e. The van der Waals surface area contributed by atoms with Gasteiger partial charge in [0.1, 0.15) is 18.2 Å². The molecular formula is C30H32N6O3. The molecule has 2 aliphatic rings. The summed E-state index contributed by atoms with van der Waals surface area (Å²) in [6.45, 7) is 6.29. The fourth-order valence-corrected chi connectivity index (χ4v) is 4.80. The Bertz CT molecular complexity index is 1390. The lowest BCUT2D eigenvalue weighted by molar-refractivity contribution is 0.121. The smallest absolute Gasteiger partial charge is 0.229 e. The zero-order valence-corrected chi connectivity index (χ0v) is 21.8. The molecule has 6 rings (SSSR count). The maximum atomic E-state index is 6.25. The molecule has 0 atom stereocenters. The molecule has 2 saturated heterocycles. The summed E-state index contributed by atoms with van der Waals surface area (Å²) in [7, 11) is 0. The monoisotopic (exact) mass is 524 g/mol. The first-order valence-electron chi connectivity index (χ1n) is 13.4. The Morgan fingerprint density at radius 3 is 2.38 bits per heavy atom. The molecule has 0 bridgehead atoms. The molecule has 39 heavy (non-hydrogen) atoms. The van der Waals surface area contributed by atoms with Gasteiger partial charge in [0.05, 0.1) is 32.6 Å². The maximum Gasteiger partial charge on any atom is 0.229 e. The number of aromatic nitrogens is 2. The lowest BCUT2D eigenvalue weighted by Gasteiger charge is -2.31. The van der Waals surface area contributed by atoms with Crippen molar-refractivity contribution < 1.29 is 14.2 Å². The SMILES string of the molecule is C(=N/Nc1cc(N2CCOCC2)nc(N2CCOCC2)n1)/c1ccccc1OCc1cccc2ccccc12. The number of morpholine rings is 2. The van der Waals surface area contributed by atoms with Crippen molar-refractivity contribution in [2.45, 2.75) is 6.61 Å². The molecule has 3 aromatic carbocycles. The van der Waals surface area contributed by atoms with Crippen LogP contribution in [0.1, 0.15) is 11.1 Å². The third kappa shape index (κ3) is 6.10. The molecule has 0 aliphatic carbocycles. The highest BCUT2D eigenvalue weighted by Crippen LogP contribution is 2.24. The first-order valence-corrected chi connectivity index (χ1v) is 13.4. The lowest BCUT2D eigenvalue weighted by Crippen LogP contribution is -2.39. The average molecular weight is 525 g/mol. The molecular weight excluding hydrogens is 492 g/mol. The van der Waals surface area contributed by atoms with Crippen LogP contribution in [-0.4, -0.2) is 68.8 Å². The van der Waals surface area contributed by atoms with Crippen LogP contribution in [0.25, 0.3) is 10.8 Å². The molecule has 1 aromatic heterocycles. The van der Waals surface area contributed by atoms with Gasteiger partial charge in [-0.15, -0.1) is 0 Å². The van der Waals surface area contributed by atoms with Crippen LogP contribution in [-0.2, 0) is 16.1 Å². The summed E-state index contributed by atoms with van der Waals surface area (Å²) in [5, 5.41) is 6.92. The fraction of sp³-hybridized carbons (Fsp3) is 0.300. The minimum absolute atomic E-state index is 0.470. The van der Waals surface area contributed by atoms with Crippen molar-refractivity contribution in [3.63, 3.8) is 0 Å². The Morgan fingerprint density at radius 2 is 1.54 bits per heavy atom. The van der Waals surface area contributed by atoms with Crippen molar-refractivity contribution in [2.75, 3.05) is 67.8 Å². The Labute approximate surface area is 228 Å². The van der Waals surface area contributed by atoms with Gasteiger partial charge in [-0.3, -0.25) is 5.43 Å².